The number of aryl methyl sites for hydroxylation is 1. The van der Waals surface area contributed by atoms with Crippen LogP contribution in [0.1, 0.15) is 53.6 Å². The molecule has 1 atom stereocenters. The van der Waals surface area contributed by atoms with E-state index in [0.717, 1.165) is 12.1 Å². The van der Waals surface area contributed by atoms with Gasteiger partial charge in [0.15, 0.2) is 10.1 Å². The summed E-state index contributed by atoms with van der Waals surface area (Å²) in [6.07, 6.45) is 2.48. The zero-order chi connectivity index (χ0) is 29.8. The molecule has 1 aliphatic carbocycles. The highest BCUT2D eigenvalue weighted by atomic mass is 32.2. The first-order chi connectivity index (χ1) is 20.3. The third kappa shape index (κ3) is 5.79. The van der Waals surface area contributed by atoms with Gasteiger partial charge >= 0.3 is 5.97 Å². The van der Waals surface area contributed by atoms with E-state index in [2.05, 4.69) is 28.5 Å². The molecule has 2 heterocycles. The highest BCUT2D eigenvalue weighted by molar-refractivity contribution is 8.01. The van der Waals surface area contributed by atoms with E-state index in [-0.39, 0.29) is 28.8 Å². The highest BCUT2D eigenvalue weighted by Gasteiger charge is 2.41. The quantitative estimate of drug-likeness (QED) is 0.269. The number of Topliss-reactive ketones (excluding diaryl/α,β-unsaturated/α-hetero) is 1. The molecule has 10 nitrogen and oxygen atoms in total. The van der Waals surface area contributed by atoms with Gasteiger partial charge in [-0.25, -0.2) is 4.79 Å². The van der Waals surface area contributed by atoms with E-state index in [1.165, 1.54) is 35.8 Å². The highest BCUT2D eigenvalue weighted by Crippen LogP contribution is 2.47. The van der Waals surface area contributed by atoms with Crippen molar-refractivity contribution < 1.29 is 19.1 Å². The number of ketones is 1. The fourth-order valence-electron chi connectivity index (χ4n) is 5.07. The monoisotopic (exact) mass is 600 g/mol. The lowest BCUT2D eigenvalue weighted by Gasteiger charge is -2.38. The Labute approximate surface area is 251 Å². The summed E-state index contributed by atoms with van der Waals surface area (Å²) < 4.78 is 5.34. The number of allylic oxidation sites excluding steroid dienone is 3. The standard InChI is InChI=1S/C30H28N6O4S2/c1-3-17-7-13-20(14-8-17)33-24(38)16-41-30-35-34-29(42-30)36-22-5-4-6-23(37)26(22)25(21(15-31)27(36)32)18-9-11-19(12-10-18)28(39)40-2/h7-14,25H,3-6,16,32H2,1-2H3,(H,33,38). The molecule has 3 N–H and O–H groups in total. The minimum absolute atomic E-state index is 0.0636. The van der Waals surface area contributed by atoms with Crippen molar-refractivity contribution in [1.82, 2.24) is 10.2 Å². The largest absolute Gasteiger partial charge is 0.465 e. The van der Waals surface area contributed by atoms with Crippen molar-refractivity contribution in [3.8, 4) is 6.07 Å². The van der Waals surface area contributed by atoms with Gasteiger partial charge in [-0.2, -0.15) is 5.26 Å². The summed E-state index contributed by atoms with van der Waals surface area (Å²) in [5, 5.41) is 22.1. The summed E-state index contributed by atoms with van der Waals surface area (Å²) in [4.78, 5) is 39.5. The van der Waals surface area contributed by atoms with Crippen LogP contribution in [0.2, 0.25) is 0 Å². The molecule has 1 aromatic heterocycles. The van der Waals surface area contributed by atoms with E-state index < -0.39 is 11.9 Å². The molecule has 42 heavy (non-hydrogen) atoms. The molecule has 0 saturated carbocycles. The summed E-state index contributed by atoms with van der Waals surface area (Å²) in [6.45, 7) is 2.07. The van der Waals surface area contributed by atoms with Crippen LogP contribution in [0, 0.1) is 11.3 Å². The number of nitrogens with zero attached hydrogens (tertiary/aromatic N) is 4. The molecule has 3 aromatic rings. The van der Waals surface area contributed by atoms with Crippen LogP contribution >= 0.6 is 23.1 Å². The van der Waals surface area contributed by atoms with E-state index in [1.807, 2.05) is 24.3 Å². The maximum atomic E-state index is 13.3. The first-order valence-corrected chi connectivity index (χ1v) is 15.1. The molecule has 1 aliphatic heterocycles. The van der Waals surface area contributed by atoms with Gasteiger partial charge < -0.3 is 15.8 Å². The van der Waals surface area contributed by atoms with E-state index in [9.17, 15) is 19.6 Å². The molecule has 12 heteroatoms. The molecule has 0 bridgehead atoms. The molecule has 2 aromatic carbocycles. The van der Waals surface area contributed by atoms with Crippen LogP contribution in [0.3, 0.4) is 0 Å². The van der Waals surface area contributed by atoms with Crippen LogP contribution in [-0.2, 0) is 20.7 Å². The molecule has 0 fully saturated rings. The lowest BCUT2D eigenvalue weighted by molar-refractivity contribution is -0.116. The minimum Gasteiger partial charge on any atom is -0.465 e. The van der Waals surface area contributed by atoms with Crippen LogP contribution in [0.15, 0.2) is 75.5 Å². The van der Waals surface area contributed by atoms with Crippen molar-refractivity contribution in [2.75, 3.05) is 23.1 Å². The van der Waals surface area contributed by atoms with Gasteiger partial charge in [0.1, 0.15) is 5.82 Å². The molecule has 1 amide bonds. The van der Waals surface area contributed by atoms with Crippen molar-refractivity contribution in [3.05, 3.63) is 87.9 Å². The third-order valence-corrected chi connectivity index (χ3v) is 9.18. The number of hydrogen-bond acceptors (Lipinski definition) is 11. The van der Waals surface area contributed by atoms with Gasteiger partial charge in [0.05, 0.1) is 36.0 Å². The number of nitrogens with one attached hydrogen (secondary N) is 1. The Morgan fingerprint density at radius 1 is 1.17 bits per heavy atom. The fraction of sp³-hybridized carbons (Fsp3) is 0.267. The maximum Gasteiger partial charge on any atom is 0.337 e. The molecule has 2 aliphatic rings. The molecular weight excluding hydrogens is 573 g/mol. The molecule has 0 spiro atoms. The summed E-state index contributed by atoms with van der Waals surface area (Å²) in [7, 11) is 1.31. The summed E-state index contributed by atoms with van der Waals surface area (Å²) in [6, 6.07) is 16.6. The number of hydrogen-bond donors (Lipinski definition) is 2. The van der Waals surface area contributed by atoms with Crippen LogP contribution < -0.4 is 16.0 Å². The van der Waals surface area contributed by atoms with Crippen LogP contribution in [0.25, 0.3) is 0 Å². The van der Waals surface area contributed by atoms with Crippen LogP contribution in [-0.4, -0.2) is 40.7 Å². The van der Waals surface area contributed by atoms with Gasteiger partial charge in [0, 0.05) is 23.4 Å². The number of aromatic nitrogens is 2. The number of nitrogens with two attached hydrogens (primary N) is 1. The second kappa shape index (κ2) is 12.6. The number of carbonyl (C=O) groups is 3. The SMILES string of the molecule is CCc1ccc(NC(=O)CSc2nnc(N3C(N)=C(C#N)C(c4ccc(C(=O)OC)cc4)C4=C3CCCC4=O)s2)cc1. The topological polar surface area (TPSA) is 151 Å². The molecule has 214 valence electrons. The van der Waals surface area contributed by atoms with Crippen molar-refractivity contribution in [2.24, 2.45) is 5.73 Å². The number of ether oxygens (including phenoxy) is 1. The predicted octanol–water partition coefficient (Wildman–Crippen LogP) is 4.92. The number of carbonyl (C=O) groups excluding carboxylic acids is 3. The summed E-state index contributed by atoms with van der Waals surface area (Å²) in [5.74, 6) is -1.07. The zero-order valence-electron chi connectivity index (χ0n) is 23.0. The second-order valence-corrected chi connectivity index (χ2v) is 11.8. The Bertz CT molecular complexity index is 1640. The van der Waals surface area contributed by atoms with E-state index >= 15 is 0 Å². The van der Waals surface area contributed by atoms with Crippen LogP contribution in [0.4, 0.5) is 10.8 Å². The number of anilines is 2. The van der Waals surface area contributed by atoms with Crippen molar-refractivity contribution >= 4 is 51.6 Å². The molecule has 1 unspecified atom stereocenters. The number of rotatable bonds is 8. The lowest BCUT2D eigenvalue weighted by Crippen LogP contribution is -2.38. The smallest absolute Gasteiger partial charge is 0.337 e. The van der Waals surface area contributed by atoms with Crippen molar-refractivity contribution in [3.63, 3.8) is 0 Å². The van der Waals surface area contributed by atoms with Crippen molar-refractivity contribution in [1.29, 1.82) is 5.26 Å². The minimum atomic E-state index is -0.669. The Balaban J connectivity index is 1.39. The third-order valence-electron chi connectivity index (χ3n) is 7.14. The van der Waals surface area contributed by atoms with E-state index in [0.29, 0.717) is 51.1 Å². The Morgan fingerprint density at radius 2 is 1.90 bits per heavy atom. The molecular formula is C30H28N6O4S2. The number of nitriles is 1. The van der Waals surface area contributed by atoms with Crippen LogP contribution in [0.5, 0.6) is 0 Å². The second-order valence-electron chi connectivity index (χ2n) is 9.67. The van der Waals surface area contributed by atoms with E-state index in [4.69, 9.17) is 10.5 Å². The summed E-state index contributed by atoms with van der Waals surface area (Å²) >= 11 is 2.48. The average Bonchev–Trinajstić information content (AvgIpc) is 3.48. The molecule has 5 rings (SSSR count). The Hall–Kier alpha value is -4.47. The lowest BCUT2D eigenvalue weighted by atomic mass is 9.75. The van der Waals surface area contributed by atoms with Crippen molar-refractivity contribution in [2.45, 2.75) is 42.9 Å². The van der Waals surface area contributed by atoms with Gasteiger partial charge in [0.2, 0.25) is 11.0 Å². The number of esters is 1. The molecule has 0 radical (unpaired) electrons. The Morgan fingerprint density at radius 3 is 2.57 bits per heavy atom. The normalized spacial score (nSPS) is 16.6. The Kier molecular flexibility index (Phi) is 8.70. The van der Waals surface area contributed by atoms with Gasteiger partial charge in [-0.05, 0) is 54.7 Å². The fourth-order valence-corrected chi connectivity index (χ4v) is 6.75. The number of methoxy groups -OCH3 is 1. The van der Waals surface area contributed by atoms with Gasteiger partial charge in [0.25, 0.3) is 0 Å². The van der Waals surface area contributed by atoms with E-state index in [1.54, 1.807) is 29.2 Å². The van der Waals surface area contributed by atoms with Gasteiger partial charge in [-0.3, -0.25) is 14.5 Å². The zero-order valence-corrected chi connectivity index (χ0v) is 24.7. The summed E-state index contributed by atoms with van der Waals surface area (Å²) in [5.41, 5.74) is 11.0. The first-order valence-electron chi connectivity index (χ1n) is 13.3. The number of benzene rings is 2. The number of thioether (sulfide) groups is 1. The number of amides is 1. The predicted molar refractivity (Wildman–Crippen MR) is 161 cm³/mol. The first kappa shape index (κ1) is 29.0. The maximum absolute atomic E-state index is 13.3. The van der Waals surface area contributed by atoms with Gasteiger partial charge in [-0.1, -0.05) is 54.3 Å². The van der Waals surface area contributed by atoms with Gasteiger partial charge in [-0.15, -0.1) is 10.2 Å². The molecule has 0 saturated heterocycles. The average molecular weight is 601 g/mol.